The van der Waals surface area contributed by atoms with E-state index in [1.807, 2.05) is 25.1 Å². The second kappa shape index (κ2) is 4.29. The Hall–Kier alpha value is -1.11. The quantitative estimate of drug-likeness (QED) is 0.827. The second-order valence-electron chi connectivity index (χ2n) is 4.28. The second-order valence-corrected chi connectivity index (χ2v) is 6.20. The summed E-state index contributed by atoms with van der Waals surface area (Å²) < 4.78 is 27.1. The number of nitrogens with zero attached hydrogens (tertiary/aromatic N) is 2. The molecule has 1 aliphatic heterocycles. The highest BCUT2D eigenvalue weighted by Crippen LogP contribution is 2.27. The van der Waals surface area contributed by atoms with Crippen LogP contribution in [0.4, 0.5) is 5.69 Å². The van der Waals surface area contributed by atoms with Crippen molar-refractivity contribution in [2.24, 2.45) is 5.73 Å². The third-order valence-corrected chi connectivity index (χ3v) is 5.04. The van der Waals surface area contributed by atoms with Crippen LogP contribution in [0, 0.1) is 6.92 Å². The van der Waals surface area contributed by atoms with Crippen molar-refractivity contribution in [2.45, 2.75) is 13.0 Å². The van der Waals surface area contributed by atoms with Gasteiger partial charge in [-0.15, -0.1) is 0 Å². The molecule has 0 aliphatic carbocycles. The van der Waals surface area contributed by atoms with Crippen molar-refractivity contribution in [1.29, 1.82) is 0 Å². The molecule has 0 aromatic heterocycles. The van der Waals surface area contributed by atoms with Gasteiger partial charge in [0.05, 0.1) is 18.3 Å². The highest BCUT2D eigenvalue weighted by molar-refractivity contribution is 7.90. The summed E-state index contributed by atoms with van der Waals surface area (Å²) in [5.41, 5.74) is 7.32. The summed E-state index contributed by atoms with van der Waals surface area (Å²) in [5, 5.41) is 0. The van der Waals surface area contributed by atoms with Crippen LogP contribution in [-0.2, 0) is 10.2 Å². The Balaban J connectivity index is 2.41. The first-order valence-corrected chi connectivity index (χ1v) is 6.89. The Morgan fingerprint density at radius 2 is 2.18 bits per heavy atom. The summed E-state index contributed by atoms with van der Waals surface area (Å²) in [7, 11) is -1.84. The summed E-state index contributed by atoms with van der Waals surface area (Å²) in [5.74, 6) is 0. The number of rotatable bonds is 2. The van der Waals surface area contributed by atoms with E-state index >= 15 is 0 Å². The third-order valence-electron chi connectivity index (χ3n) is 3.09. The van der Waals surface area contributed by atoms with Crippen LogP contribution in [0.3, 0.4) is 0 Å². The molecule has 1 fully saturated rings. The van der Waals surface area contributed by atoms with E-state index in [1.54, 1.807) is 13.1 Å². The van der Waals surface area contributed by atoms with Gasteiger partial charge in [0.25, 0.3) is 0 Å². The highest BCUT2D eigenvalue weighted by Gasteiger charge is 2.40. The maximum absolute atomic E-state index is 12.2. The van der Waals surface area contributed by atoms with Gasteiger partial charge in [0.2, 0.25) is 0 Å². The molecule has 0 radical (unpaired) electrons. The largest absolute Gasteiger partial charge is 0.329 e. The monoisotopic (exact) mass is 255 g/mol. The molecule has 94 valence electrons. The van der Waals surface area contributed by atoms with Crippen LogP contribution in [0.5, 0.6) is 0 Å². The Labute approximate surface area is 102 Å². The molecule has 0 bridgehead atoms. The van der Waals surface area contributed by atoms with Gasteiger partial charge in [-0.1, -0.05) is 12.1 Å². The lowest BCUT2D eigenvalue weighted by atomic mass is 10.2. The van der Waals surface area contributed by atoms with E-state index in [-0.39, 0.29) is 6.04 Å². The smallest absolute Gasteiger partial charge is 0.304 e. The summed E-state index contributed by atoms with van der Waals surface area (Å²) in [6.45, 7) is 2.69. The molecule has 5 nitrogen and oxygen atoms in total. The van der Waals surface area contributed by atoms with Gasteiger partial charge in [-0.2, -0.15) is 12.7 Å². The fraction of sp³-hybridized carbons (Fsp3) is 0.455. The summed E-state index contributed by atoms with van der Waals surface area (Å²) in [4.78, 5) is 0. The van der Waals surface area contributed by atoms with Crippen molar-refractivity contribution < 1.29 is 8.42 Å². The molecule has 6 heteroatoms. The van der Waals surface area contributed by atoms with Crippen molar-refractivity contribution in [3.63, 3.8) is 0 Å². The van der Waals surface area contributed by atoms with E-state index in [2.05, 4.69) is 0 Å². The molecule has 2 N–H and O–H groups in total. The average molecular weight is 255 g/mol. The number of hydrogen-bond donors (Lipinski definition) is 1. The van der Waals surface area contributed by atoms with Gasteiger partial charge in [-0.3, -0.25) is 4.31 Å². The Morgan fingerprint density at radius 3 is 2.71 bits per heavy atom. The zero-order chi connectivity index (χ0) is 12.6. The molecule has 1 aromatic carbocycles. The number of anilines is 1. The van der Waals surface area contributed by atoms with E-state index in [9.17, 15) is 8.42 Å². The first-order valence-electron chi connectivity index (χ1n) is 5.49. The van der Waals surface area contributed by atoms with Crippen LogP contribution in [0.2, 0.25) is 0 Å². The predicted octanol–water partition coefficient (Wildman–Crippen LogP) is 0.319. The molecule has 0 amide bonds. The Kier molecular flexibility index (Phi) is 3.11. The van der Waals surface area contributed by atoms with E-state index in [0.29, 0.717) is 18.8 Å². The fourth-order valence-corrected chi connectivity index (χ4v) is 3.57. The van der Waals surface area contributed by atoms with Gasteiger partial charge in [-0.05, 0) is 24.6 Å². The Morgan fingerprint density at radius 1 is 1.47 bits per heavy atom. The minimum absolute atomic E-state index is 0.152. The first kappa shape index (κ1) is 12.3. The molecule has 1 unspecified atom stereocenters. The summed E-state index contributed by atoms with van der Waals surface area (Å²) in [6, 6.07) is 7.31. The zero-order valence-electron chi connectivity index (χ0n) is 10.00. The van der Waals surface area contributed by atoms with Gasteiger partial charge >= 0.3 is 10.2 Å². The predicted molar refractivity (Wildman–Crippen MR) is 68.1 cm³/mol. The van der Waals surface area contributed by atoms with Crippen LogP contribution in [0.25, 0.3) is 0 Å². The van der Waals surface area contributed by atoms with Gasteiger partial charge in [-0.25, -0.2) is 0 Å². The van der Waals surface area contributed by atoms with Gasteiger partial charge in [0, 0.05) is 13.6 Å². The molecular formula is C11H17N3O2S. The minimum Gasteiger partial charge on any atom is -0.329 e. The van der Waals surface area contributed by atoms with Crippen molar-refractivity contribution >= 4 is 15.9 Å². The van der Waals surface area contributed by atoms with Crippen molar-refractivity contribution in [2.75, 3.05) is 24.4 Å². The van der Waals surface area contributed by atoms with Crippen molar-refractivity contribution in [3.8, 4) is 0 Å². The minimum atomic E-state index is -3.41. The lowest BCUT2D eigenvalue weighted by Gasteiger charge is -2.18. The van der Waals surface area contributed by atoms with Crippen molar-refractivity contribution in [3.05, 3.63) is 29.8 Å². The van der Waals surface area contributed by atoms with E-state index < -0.39 is 10.2 Å². The topological polar surface area (TPSA) is 66.6 Å². The van der Waals surface area contributed by atoms with Crippen LogP contribution in [-0.4, -0.2) is 38.9 Å². The van der Waals surface area contributed by atoms with E-state index in [1.165, 1.54) is 8.61 Å². The standard InChI is InChI=1S/C11H17N3O2S/c1-9-4-3-5-10(6-9)14-8-11(7-12)13(2)17(14,15)16/h3-6,11H,7-8,12H2,1-2H3. The molecule has 1 heterocycles. The number of hydrogen-bond acceptors (Lipinski definition) is 3. The van der Waals surface area contributed by atoms with E-state index in [0.717, 1.165) is 5.56 Å². The molecule has 1 saturated heterocycles. The molecular weight excluding hydrogens is 238 g/mol. The number of nitrogens with two attached hydrogens (primary N) is 1. The fourth-order valence-electron chi connectivity index (χ4n) is 1.99. The molecule has 1 aromatic rings. The van der Waals surface area contributed by atoms with E-state index in [4.69, 9.17) is 5.73 Å². The third kappa shape index (κ3) is 2.03. The number of aryl methyl sites for hydroxylation is 1. The lowest BCUT2D eigenvalue weighted by molar-refractivity contribution is 0.417. The van der Waals surface area contributed by atoms with Crippen LogP contribution < -0.4 is 10.0 Å². The summed E-state index contributed by atoms with van der Waals surface area (Å²) in [6.07, 6.45) is 0. The maximum atomic E-state index is 12.2. The zero-order valence-corrected chi connectivity index (χ0v) is 10.8. The normalized spacial score (nSPS) is 24.2. The molecule has 1 atom stereocenters. The molecule has 2 rings (SSSR count). The van der Waals surface area contributed by atoms with Gasteiger partial charge < -0.3 is 5.73 Å². The highest BCUT2D eigenvalue weighted by atomic mass is 32.2. The summed E-state index contributed by atoms with van der Waals surface area (Å²) >= 11 is 0. The van der Waals surface area contributed by atoms with Crippen molar-refractivity contribution in [1.82, 2.24) is 4.31 Å². The molecule has 0 spiro atoms. The lowest BCUT2D eigenvalue weighted by Crippen LogP contribution is -2.36. The maximum Gasteiger partial charge on any atom is 0.304 e. The van der Waals surface area contributed by atoms with Crippen LogP contribution in [0.15, 0.2) is 24.3 Å². The van der Waals surface area contributed by atoms with Crippen LogP contribution in [0.1, 0.15) is 5.56 Å². The number of likely N-dealkylation sites (N-methyl/N-ethyl adjacent to an activating group) is 1. The first-order chi connectivity index (χ1) is 7.96. The molecule has 1 aliphatic rings. The molecule has 0 saturated carbocycles. The molecule has 17 heavy (non-hydrogen) atoms. The number of benzene rings is 1. The average Bonchev–Trinajstić information content (AvgIpc) is 2.51. The Bertz CT molecular complexity index is 515. The van der Waals surface area contributed by atoms with Gasteiger partial charge in [0.1, 0.15) is 0 Å². The SMILES string of the molecule is Cc1cccc(N2CC(CN)N(C)S2(=O)=O)c1. The van der Waals surface area contributed by atoms with Crippen LogP contribution >= 0.6 is 0 Å². The van der Waals surface area contributed by atoms with Gasteiger partial charge in [0.15, 0.2) is 0 Å².